The first-order chi connectivity index (χ1) is 28.4. The number of primary amides is 1. The number of aliphatic imine (C=N–C) groups is 2. The van der Waals surface area contributed by atoms with Gasteiger partial charge in [-0.25, -0.2) is 41.7 Å². The molecule has 0 aromatic carbocycles. The molecule has 7 aliphatic heterocycles. The molecule has 8 heterocycles. The highest BCUT2D eigenvalue weighted by molar-refractivity contribution is 6.32. The van der Waals surface area contributed by atoms with Crippen molar-refractivity contribution >= 4 is 52.6 Å². The average molecular weight is 865 g/mol. The lowest BCUT2D eigenvalue weighted by Crippen LogP contribution is -2.63. The van der Waals surface area contributed by atoms with E-state index >= 15 is 0 Å². The van der Waals surface area contributed by atoms with E-state index < -0.39 is 16.9 Å². The minimum Gasteiger partial charge on any atom is -0.384 e. The largest absolute Gasteiger partial charge is 0.384 e. The van der Waals surface area contributed by atoms with Crippen LogP contribution in [0.2, 0.25) is 0 Å². The number of amidine groups is 2. The summed E-state index contributed by atoms with van der Waals surface area (Å²) in [7, 11) is 3.82. The number of aromatic nitrogens is 3. The summed E-state index contributed by atoms with van der Waals surface area (Å²) in [5.41, 5.74) is 40.2. The number of likely N-dealkylation sites (N-methyl/N-ethyl adjacent to an activating group) is 1. The zero-order chi connectivity index (χ0) is 41.8. The smallest absolute Gasteiger partial charge is 0.277 e. The molecule has 0 radical (unpaired) electrons. The number of rotatable bonds is 10. The van der Waals surface area contributed by atoms with E-state index in [4.69, 9.17) is 61.1 Å². The highest BCUT2D eigenvalue weighted by atomic mass is 35.5. The molecule has 2 atom stereocenters. The van der Waals surface area contributed by atoms with Crippen molar-refractivity contribution in [3.63, 3.8) is 0 Å². The number of hydrogen-bond acceptors (Lipinski definition) is 23. The lowest BCUT2D eigenvalue weighted by atomic mass is 9.94. The third kappa shape index (κ3) is 9.34. The van der Waals surface area contributed by atoms with Gasteiger partial charge in [-0.3, -0.25) is 24.6 Å². The Labute approximate surface area is 351 Å². The van der Waals surface area contributed by atoms with Crippen molar-refractivity contribution in [3.05, 3.63) is 34.7 Å². The number of carbonyl (C=O) groups is 2. The van der Waals surface area contributed by atoms with Crippen LogP contribution in [0.5, 0.6) is 0 Å². The fourth-order valence-corrected chi connectivity index (χ4v) is 8.49. The Kier molecular flexibility index (Phi) is 13.7. The first-order valence-corrected chi connectivity index (χ1v) is 20.5. The Morgan fingerprint density at radius 2 is 1.49 bits per heavy atom. The highest BCUT2D eigenvalue weighted by Gasteiger charge is 2.42. The summed E-state index contributed by atoms with van der Waals surface area (Å²) in [5.74, 6) is 1.58. The number of nitrogens with zero attached hydrogens (tertiary/aromatic N) is 12. The van der Waals surface area contributed by atoms with E-state index in [1.165, 1.54) is 4.90 Å². The number of amides is 2. The SMILES string of the molecule is CNNNCN1CNNNCN=C2NC(N)=C(C1=O)N(N1CCC(c3nc(C4CCN(N5C(C(N)=O)=C(N)N=C(N)C5Cl)CC4)nc(N4CCN(C)CC4)n3)CC1)C2Cl. The van der Waals surface area contributed by atoms with Gasteiger partial charge in [0.25, 0.3) is 11.8 Å². The van der Waals surface area contributed by atoms with Gasteiger partial charge in [-0.1, -0.05) is 23.2 Å². The first kappa shape index (κ1) is 42.7. The van der Waals surface area contributed by atoms with E-state index in [0.717, 1.165) is 37.8 Å². The van der Waals surface area contributed by atoms with Gasteiger partial charge >= 0.3 is 0 Å². The second-order valence-corrected chi connectivity index (χ2v) is 15.7. The van der Waals surface area contributed by atoms with Crippen molar-refractivity contribution in [3.8, 4) is 0 Å². The summed E-state index contributed by atoms with van der Waals surface area (Å²) in [6.07, 6.45) is 2.68. The predicted molar refractivity (Wildman–Crippen MR) is 220 cm³/mol. The molecular formula is C32H55Cl2N23O2. The van der Waals surface area contributed by atoms with E-state index in [2.05, 4.69) is 69.9 Å². The molecule has 27 heteroatoms. The zero-order valence-corrected chi connectivity index (χ0v) is 34.7. The van der Waals surface area contributed by atoms with Crippen LogP contribution in [-0.4, -0.2) is 166 Å². The molecule has 0 spiro atoms. The molecule has 3 saturated heterocycles. The number of hydrogen-bond donors (Lipinski definition) is 11. The van der Waals surface area contributed by atoms with E-state index in [-0.39, 0.29) is 66.6 Å². The minimum absolute atomic E-state index is 0.00172. The number of carbonyl (C=O) groups excluding carboxylic acids is 2. The summed E-state index contributed by atoms with van der Waals surface area (Å²) < 4.78 is 0. The maximum atomic E-state index is 14.2. The van der Waals surface area contributed by atoms with Crippen molar-refractivity contribution in [2.24, 2.45) is 32.9 Å². The highest BCUT2D eigenvalue weighted by Crippen LogP contribution is 2.35. The fourth-order valence-electron chi connectivity index (χ4n) is 7.87. The van der Waals surface area contributed by atoms with Gasteiger partial charge in [-0.05, 0) is 39.8 Å². The molecule has 25 nitrogen and oxygen atoms in total. The normalized spacial score (nSPS) is 25.5. The van der Waals surface area contributed by atoms with Crippen molar-refractivity contribution < 1.29 is 9.59 Å². The van der Waals surface area contributed by atoms with Crippen LogP contribution in [0, 0.1) is 0 Å². The Morgan fingerprint density at radius 1 is 0.864 bits per heavy atom. The topological polar surface area (TPSA) is 309 Å². The summed E-state index contributed by atoms with van der Waals surface area (Å²) >= 11 is 13.8. The summed E-state index contributed by atoms with van der Waals surface area (Å²) in [6, 6.07) is 0. The molecule has 0 aliphatic carbocycles. The maximum Gasteiger partial charge on any atom is 0.277 e. The second kappa shape index (κ2) is 18.9. The Hall–Kier alpha value is -4.41. The molecule has 1 aromatic heterocycles. The van der Waals surface area contributed by atoms with Gasteiger partial charge in [0.1, 0.15) is 35.8 Å². The van der Waals surface area contributed by atoms with E-state index in [1.807, 2.05) is 5.01 Å². The van der Waals surface area contributed by atoms with E-state index in [0.29, 0.717) is 63.6 Å². The molecule has 8 rings (SSSR count). The van der Waals surface area contributed by atoms with Crippen LogP contribution in [0.1, 0.15) is 49.2 Å². The molecule has 3 fully saturated rings. The lowest BCUT2D eigenvalue weighted by Gasteiger charge is -2.46. The third-order valence-corrected chi connectivity index (χ3v) is 11.9. The van der Waals surface area contributed by atoms with Gasteiger partial charge in [0.2, 0.25) is 5.95 Å². The van der Waals surface area contributed by atoms with E-state index in [1.54, 1.807) is 17.1 Å². The van der Waals surface area contributed by atoms with Gasteiger partial charge in [-0.15, -0.1) is 0 Å². The number of piperazine rings is 1. The quantitative estimate of drug-likeness (QED) is 0.0455. The van der Waals surface area contributed by atoms with Crippen LogP contribution >= 0.6 is 23.2 Å². The molecule has 324 valence electrons. The number of piperidine rings is 2. The molecule has 59 heavy (non-hydrogen) atoms. The van der Waals surface area contributed by atoms with E-state index in [9.17, 15) is 9.59 Å². The van der Waals surface area contributed by atoms with Crippen LogP contribution in [0.15, 0.2) is 33.0 Å². The molecule has 1 aromatic rings. The number of halogens is 2. The molecule has 15 N–H and O–H groups in total. The van der Waals surface area contributed by atoms with Crippen LogP contribution < -0.4 is 65.9 Å². The number of nitrogens with one attached hydrogen (secondary N) is 7. The molecule has 2 bridgehead atoms. The Morgan fingerprint density at radius 3 is 2.10 bits per heavy atom. The molecule has 0 saturated carbocycles. The lowest BCUT2D eigenvalue weighted by molar-refractivity contribution is -0.134. The number of nitrogens with two attached hydrogens (primary N) is 4. The van der Waals surface area contributed by atoms with Crippen molar-refractivity contribution in [1.29, 1.82) is 0 Å². The summed E-state index contributed by atoms with van der Waals surface area (Å²) in [5, 5.41) is 10.3. The molecular weight excluding hydrogens is 809 g/mol. The molecule has 7 aliphatic rings. The number of hydrazine groups is 6. The summed E-state index contributed by atoms with van der Waals surface area (Å²) in [6.45, 7) is 5.90. The van der Waals surface area contributed by atoms with Gasteiger partial charge in [-0.2, -0.15) is 21.0 Å². The number of alkyl halides is 2. The average Bonchev–Trinajstić information content (AvgIpc) is 3.23. The zero-order valence-electron chi connectivity index (χ0n) is 33.2. The number of anilines is 1. The monoisotopic (exact) mass is 863 g/mol. The van der Waals surface area contributed by atoms with Gasteiger partial charge in [0, 0.05) is 64.2 Å². The van der Waals surface area contributed by atoms with Crippen LogP contribution in [-0.2, 0) is 9.59 Å². The van der Waals surface area contributed by atoms with Crippen LogP contribution in [0.3, 0.4) is 0 Å². The predicted octanol–water partition coefficient (Wildman–Crippen LogP) is -4.80. The summed E-state index contributed by atoms with van der Waals surface area (Å²) in [4.78, 5) is 56.6. The molecule has 2 unspecified atom stereocenters. The molecule has 2 amide bonds. The van der Waals surface area contributed by atoms with Crippen molar-refractivity contribution in [1.82, 2.24) is 82.9 Å². The minimum atomic E-state index is -0.913. The van der Waals surface area contributed by atoms with Gasteiger partial charge in [0.05, 0.1) is 13.3 Å². The van der Waals surface area contributed by atoms with Crippen LogP contribution in [0.25, 0.3) is 0 Å². The van der Waals surface area contributed by atoms with Gasteiger partial charge in [0.15, 0.2) is 28.2 Å². The Balaban J connectivity index is 1.11. The fraction of sp³-hybridized carbons (Fsp3) is 0.656. The van der Waals surface area contributed by atoms with Crippen molar-refractivity contribution in [2.75, 3.05) is 91.4 Å². The standard InChI is InChI=1S/C32H55Cl2N23O2/c1-39-49-42-16-53-17-43-50-41-15-40-30-23(34)57(21(31(53)59)25(36)45-30)55-9-5-19(6-10-55)29-46-28(47-32(48-29)52-13-11-51(2)12-14-52)18-3-7-54(8-4-18)56-20(27(38)58)24(35)44-26(37)22(56)33/h18-19,22-23,39,41-43,49-50H,3-17,35-36H2,1-2H3,(H2,37,44)(H2,38,58)(H,40,45). The van der Waals surface area contributed by atoms with Crippen molar-refractivity contribution in [2.45, 2.75) is 48.5 Å². The third-order valence-electron chi connectivity index (χ3n) is 11.1. The Bertz CT molecular complexity index is 1820. The van der Waals surface area contributed by atoms with Gasteiger partial charge < -0.3 is 43.0 Å². The van der Waals surface area contributed by atoms with Crippen LogP contribution in [0.4, 0.5) is 5.95 Å². The second-order valence-electron chi connectivity index (χ2n) is 14.9. The first-order valence-electron chi connectivity index (χ1n) is 19.6. The number of fused-ring (bicyclic) bond motifs is 9. The maximum absolute atomic E-state index is 14.2.